The number of hydrogen-bond acceptors (Lipinski definition) is 5. The minimum absolute atomic E-state index is 0.0854. The number of fused-ring (bicyclic) bond motifs is 5. The van der Waals surface area contributed by atoms with E-state index in [2.05, 4.69) is 31.9 Å². The molecule has 0 aromatic heterocycles. The molecule has 5 rings (SSSR count). The number of Topliss-reactive ketones (excluding diaryl/α,β-unsaturated/α-hetero) is 1. The first kappa shape index (κ1) is 22.5. The number of esters is 1. The molecule has 1 heterocycles. The topological polar surface area (TPSA) is 80.8 Å². The van der Waals surface area contributed by atoms with Gasteiger partial charge in [-0.3, -0.25) is 24.1 Å². The van der Waals surface area contributed by atoms with Crippen molar-refractivity contribution in [1.82, 2.24) is 4.90 Å². The maximum absolute atomic E-state index is 12.9. The number of imide groups is 1. The van der Waals surface area contributed by atoms with Gasteiger partial charge in [0, 0.05) is 15.2 Å². The highest BCUT2D eigenvalue weighted by molar-refractivity contribution is 9.12. The number of rotatable bonds is 6. The van der Waals surface area contributed by atoms with Crippen LogP contribution in [0.2, 0.25) is 0 Å². The number of benzene rings is 2. The van der Waals surface area contributed by atoms with Gasteiger partial charge in [0.1, 0.15) is 6.54 Å². The summed E-state index contributed by atoms with van der Waals surface area (Å²) in [6.45, 7) is -0.894. The van der Waals surface area contributed by atoms with Crippen molar-refractivity contribution in [3.8, 4) is 11.1 Å². The maximum atomic E-state index is 12.9. The van der Waals surface area contributed by atoms with Gasteiger partial charge in [0.2, 0.25) is 11.8 Å². The molecule has 3 fully saturated rings. The van der Waals surface area contributed by atoms with Crippen molar-refractivity contribution in [3.05, 3.63) is 60.2 Å². The molecule has 6 nitrogen and oxygen atoms in total. The predicted octanol–water partition coefficient (Wildman–Crippen LogP) is 3.86. The first-order chi connectivity index (χ1) is 15.9. The standard InChI is InChI=1S/C25H21Br2NO5/c26-22-16-10-17(23(22)27)21-20(16)24(31)28(25(21)32)11-19(30)33-12-18(29)15-8-6-14(7-9-15)13-4-2-1-3-5-13/h1-9,16-17,20-23H,10-12H2. The third-order valence-electron chi connectivity index (χ3n) is 7.04. The lowest BCUT2D eigenvalue weighted by atomic mass is 9.81. The Hall–Kier alpha value is -2.32. The van der Waals surface area contributed by atoms with Crippen LogP contribution in [0, 0.1) is 23.7 Å². The Balaban J connectivity index is 1.17. The molecule has 8 heteroatoms. The molecule has 1 aliphatic heterocycles. The van der Waals surface area contributed by atoms with Gasteiger partial charge < -0.3 is 4.74 Å². The summed E-state index contributed by atoms with van der Waals surface area (Å²) in [5, 5.41) is 0. The molecule has 2 amide bonds. The first-order valence-corrected chi connectivity index (χ1v) is 12.7. The van der Waals surface area contributed by atoms with Crippen LogP contribution in [0.5, 0.6) is 0 Å². The summed E-state index contributed by atoms with van der Waals surface area (Å²) in [6.07, 6.45) is 0.828. The molecular weight excluding hydrogens is 554 g/mol. The molecule has 2 aromatic rings. The summed E-state index contributed by atoms with van der Waals surface area (Å²) in [5.41, 5.74) is 2.44. The molecule has 2 aliphatic carbocycles. The van der Waals surface area contributed by atoms with Gasteiger partial charge in [0.05, 0.1) is 11.8 Å². The van der Waals surface area contributed by atoms with E-state index >= 15 is 0 Å². The Kier molecular flexibility index (Phi) is 5.99. The summed E-state index contributed by atoms with van der Waals surface area (Å²) >= 11 is 7.28. The Morgan fingerprint density at radius 2 is 1.39 bits per heavy atom. The molecule has 2 saturated carbocycles. The van der Waals surface area contributed by atoms with E-state index in [1.807, 2.05) is 42.5 Å². The molecule has 0 spiro atoms. The smallest absolute Gasteiger partial charge is 0.326 e. The summed E-state index contributed by atoms with van der Waals surface area (Å²) in [7, 11) is 0. The van der Waals surface area contributed by atoms with E-state index in [9.17, 15) is 19.2 Å². The third-order valence-corrected chi connectivity index (χ3v) is 10.3. The van der Waals surface area contributed by atoms with Crippen molar-refractivity contribution in [3.63, 3.8) is 0 Å². The molecular formula is C25H21Br2NO5. The third kappa shape index (κ3) is 3.87. The van der Waals surface area contributed by atoms with Gasteiger partial charge >= 0.3 is 5.97 Å². The second-order valence-corrected chi connectivity index (χ2v) is 10.9. The highest BCUT2D eigenvalue weighted by atomic mass is 79.9. The number of ether oxygens (including phenoxy) is 1. The van der Waals surface area contributed by atoms with Crippen LogP contribution in [0.3, 0.4) is 0 Å². The second kappa shape index (κ2) is 8.80. The van der Waals surface area contributed by atoms with Crippen LogP contribution in [-0.4, -0.2) is 51.3 Å². The number of likely N-dealkylation sites (tertiary alicyclic amines) is 1. The molecule has 3 aliphatic rings. The van der Waals surface area contributed by atoms with Crippen LogP contribution in [0.25, 0.3) is 11.1 Å². The zero-order valence-corrected chi connectivity index (χ0v) is 20.7. The van der Waals surface area contributed by atoms with Gasteiger partial charge in [0.25, 0.3) is 0 Å². The quantitative estimate of drug-likeness (QED) is 0.226. The number of ketones is 1. The maximum Gasteiger partial charge on any atom is 0.326 e. The highest BCUT2D eigenvalue weighted by Crippen LogP contribution is 2.60. The Bertz CT molecular complexity index is 1090. The molecule has 6 unspecified atom stereocenters. The summed E-state index contributed by atoms with van der Waals surface area (Å²) in [6, 6.07) is 16.8. The zero-order valence-electron chi connectivity index (χ0n) is 17.5. The van der Waals surface area contributed by atoms with Crippen LogP contribution in [0.1, 0.15) is 16.8 Å². The van der Waals surface area contributed by atoms with Crippen molar-refractivity contribution in [2.45, 2.75) is 16.1 Å². The van der Waals surface area contributed by atoms with Crippen LogP contribution in [-0.2, 0) is 19.1 Å². The SMILES string of the molecule is O=C(CN1C(=O)C2C3CC(C(Br)C3Br)C2C1=O)OCC(=O)c1ccc(-c2ccccc2)cc1. The van der Waals surface area contributed by atoms with Gasteiger partial charge in [-0.15, -0.1) is 0 Å². The van der Waals surface area contributed by atoms with Crippen molar-refractivity contribution in [2.75, 3.05) is 13.2 Å². The molecule has 0 radical (unpaired) electrons. The largest absolute Gasteiger partial charge is 0.456 e. The number of hydrogen-bond donors (Lipinski definition) is 0. The summed E-state index contributed by atoms with van der Waals surface area (Å²) < 4.78 is 5.11. The minimum atomic E-state index is -0.760. The van der Waals surface area contributed by atoms with E-state index in [0.717, 1.165) is 22.4 Å². The number of carbonyl (C=O) groups is 4. The predicted molar refractivity (Wildman–Crippen MR) is 128 cm³/mol. The average Bonchev–Trinajstić information content (AvgIpc) is 3.44. The normalized spacial score (nSPS) is 29.9. The van der Waals surface area contributed by atoms with E-state index in [1.165, 1.54) is 0 Å². The van der Waals surface area contributed by atoms with Crippen LogP contribution in [0.4, 0.5) is 0 Å². The Morgan fingerprint density at radius 1 is 0.848 bits per heavy atom. The molecule has 1 saturated heterocycles. The fraction of sp³-hybridized carbons (Fsp3) is 0.360. The second-order valence-electron chi connectivity index (χ2n) is 8.79. The summed E-state index contributed by atoms with van der Waals surface area (Å²) in [5.74, 6) is -2.30. The number of halogens is 2. The van der Waals surface area contributed by atoms with Gasteiger partial charge in [-0.05, 0) is 29.4 Å². The van der Waals surface area contributed by atoms with Crippen LogP contribution < -0.4 is 0 Å². The lowest BCUT2D eigenvalue weighted by Gasteiger charge is -2.28. The Morgan fingerprint density at radius 3 is 1.97 bits per heavy atom. The first-order valence-electron chi connectivity index (χ1n) is 10.8. The van der Waals surface area contributed by atoms with E-state index in [1.54, 1.807) is 12.1 Å². The van der Waals surface area contributed by atoms with Crippen LogP contribution >= 0.6 is 31.9 Å². The zero-order chi connectivity index (χ0) is 23.3. The molecule has 170 valence electrons. The Labute approximate surface area is 207 Å². The number of carbonyl (C=O) groups excluding carboxylic acids is 4. The molecule has 2 bridgehead atoms. The van der Waals surface area contributed by atoms with E-state index < -0.39 is 19.1 Å². The van der Waals surface area contributed by atoms with Gasteiger partial charge in [-0.25, -0.2) is 0 Å². The van der Waals surface area contributed by atoms with Gasteiger partial charge in [-0.1, -0.05) is 86.5 Å². The monoisotopic (exact) mass is 573 g/mol. The number of nitrogens with zero attached hydrogens (tertiary/aromatic N) is 1. The molecule has 0 N–H and O–H groups in total. The number of amides is 2. The molecule has 33 heavy (non-hydrogen) atoms. The van der Waals surface area contributed by atoms with Crippen molar-refractivity contribution < 1.29 is 23.9 Å². The van der Waals surface area contributed by atoms with E-state index in [0.29, 0.717) is 5.56 Å². The fourth-order valence-electron chi connectivity index (χ4n) is 5.45. The summed E-state index contributed by atoms with van der Waals surface area (Å²) in [4.78, 5) is 51.9. The van der Waals surface area contributed by atoms with E-state index in [4.69, 9.17) is 4.74 Å². The van der Waals surface area contributed by atoms with E-state index in [-0.39, 0.29) is 50.9 Å². The minimum Gasteiger partial charge on any atom is -0.456 e. The van der Waals surface area contributed by atoms with Crippen molar-refractivity contribution in [1.29, 1.82) is 0 Å². The number of alkyl halides is 2. The van der Waals surface area contributed by atoms with Crippen molar-refractivity contribution in [2.24, 2.45) is 23.7 Å². The van der Waals surface area contributed by atoms with Crippen LogP contribution in [0.15, 0.2) is 54.6 Å². The fourth-order valence-corrected chi connectivity index (χ4v) is 7.32. The average molecular weight is 575 g/mol. The van der Waals surface area contributed by atoms with Gasteiger partial charge in [0.15, 0.2) is 12.4 Å². The lowest BCUT2D eigenvalue weighted by Crippen LogP contribution is -2.38. The van der Waals surface area contributed by atoms with Crippen molar-refractivity contribution >= 4 is 55.4 Å². The highest BCUT2D eigenvalue weighted by Gasteiger charge is 2.66. The molecule has 6 atom stereocenters. The van der Waals surface area contributed by atoms with Gasteiger partial charge in [-0.2, -0.15) is 0 Å². The lowest BCUT2D eigenvalue weighted by molar-refractivity contribution is -0.152. The molecule has 2 aromatic carbocycles.